The van der Waals surface area contributed by atoms with E-state index < -0.39 is 12.1 Å². The van der Waals surface area contributed by atoms with Crippen LogP contribution in [0.15, 0.2) is 0 Å². The molecule has 1 aliphatic rings. The zero-order valence-electron chi connectivity index (χ0n) is 10.4. The summed E-state index contributed by atoms with van der Waals surface area (Å²) in [6, 6.07) is -0.871. The Morgan fingerprint density at radius 3 is 2.83 bits per heavy atom. The number of hydrogen-bond acceptors (Lipinski definition) is 5. The molecule has 1 rings (SSSR count). The number of hydrogen-bond donors (Lipinski definition) is 3. The van der Waals surface area contributed by atoms with Crippen molar-refractivity contribution in [3.05, 3.63) is 0 Å². The fraction of sp³-hybridized carbons (Fsp3) is 0.818. The third-order valence-electron chi connectivity index (χ3n) is 2.96. The van der Waals surface area contributed by atoms with Crippen LogP contribution in [0.5, 0.6) is 0 Å². The predicted molar refractivity (Wildman–Crippen MR) is 69.2 cm³/mol. The van der Waals surface area contributed by atoms with Gasteiger partial charge in [-0.05, 0) is 12.8 Å². The minimum Gasteiger partial charge on any atom is -0.469 e. The highest BCUT2D eigenvalue weighted by Gasteiger charge is 2.35. The molecule has 1 aliphatic heterocycles. The largest absolute Gasteiger partial charge is 0.469 e. The van der Waals surface area contributed by atoms with E-state index in [2.05, 4.69) is 10.1 Å². The van der Waals surface area contributed by atoms with Crippen LogP contribution in [0.1, 0.15) is 25.7 Å². The number of rotatable bonds is 6. The van der Waals surface area contributed by atoms with Gasteiger partial charge in [-0.2, -0.15) is 11.8 Å². The zero-order valence-corrected chi connectivity index (χ0v) is 11.2. The lowest BCUT2D eigenvalue weighted by molar-refractivity contribution is -0.140. The molecule has 0 aromatic carbocycles. The summed E-state index contributed by atoms with van der Waals surface area (Å²) in [5.41, 5.74) is 5.03. The van der Waals surface area contributed by atoms with Gasteiger partial charge >= 0.3 is 12.0 Å². The second-order valence-electron chi connectivity index (χ2n) is 4.30. The van der Waals surface area contributed by atoms with Crippen molar-refractivity contribution in [1.82, 2.24) is 5.32 Å². The van der Waals surface area contributed by atoms with Gasteiger partial charge in [0.05, 0.1) is 19.3 Å². The van der Waals surface area contributed by atoms with Crippen molar-refractivity contribution in [1.29, 1.82) is 0 Å². The Hall–Kier alpha value is -0.950. The molecule has 4 N–H and O–H groups in total. The maximum absolute atomic E-state index is 10.9. The number of urea groups is 1. The van der Waals surface area contributed by atoms with Crippen LogP contribution in [0.25, 0.3) is 0 Å². The van der Waals surface area contributed by atoms with Gasteiger partial charge in [0.1, 0.15) is 0 Å². The lowest BCUT2D eigenvalue weighted by Crippen LogP contribution is -2.46. The molecule has 0 spiro atoms. The normalized spacial score (nSPS) is 26.9. The number of aliphatic hydroxyl groups is 1. The predicted octanol–water partition coefficient (Wildman–Crippen LogP) is 0.233. The number of nitrogens with one attached hydrogen (secondary N) is 1. The topological polar surface area (TPSA) is 102 Å². The van der Waals surface area contributed by atoms with E-state index in [0.29, 0.717) is 12.2 Å². The number of carbonyl (C=O) groups is 2. The Bertz CT molecular complexity index is 301. The molecule has 0 bridgehead atoms. The molecule has 6 nitrogen and oxygen atoms in total. The average molecular weight is 276 g/mol. The first-order valence-electron chi connectivity index (χ1n) is 5.97. The van der Waals surface area contributed by atoms with Crippen LogP contribution in [-0.4, -0.2) is 47.4 Å². The minimum atomic E-state index is -0.606. The van der Waals surface area contributed by atoms with E-state index in [1.54, 1.807) is 11.8 Å². The van der Waals surface area contributed by atoms with E-state index in [-0.39, 0.29) is 17.3 Å². The van der Waals surface area contributed by atoms with Gasteiger partial charge in [-0.25, -0.2) is 4.79 Å². The van der Waals surface area contributed by atoms with Crippen LogP contribution in [0.2, 0.25) is 0 Å². The van der Waals surface area contributed by atoms with Gasteiger partial charge in [0, 0.05) is 17.4 Å². The molecule has 18 heavy (non-hydrogen) atoms. The van der Waals surface area contributed by atoms with E-state index in [0.717, 1.165) is 19.3 Å². The SMILES string of the molecule is COC(=O)CCCC[C@@H]1SC[C@@H](NC(N)=O)[C@H]1O. The molecular weight excluding hydrogens is 256 g/mol. The first-order chi connectivity index (χ1) is 8.54. The second-order valence-corrected chi connectivity index (χ2v) is 5.57. The molecule has 7 heteroatoms. The maximum Gasteiger partial charge on any atom is 0.312 e. The molecule has 0 aromatic rings. The first kappa shape index (κ1) is 15.1. The number of carbonyl (C=O) groups excluding carboxylic acids is 2. The van der Waals surface area contributed by atoms with Crippen LogP contribution in [0, 0.1) is 0 Å². The third kappa shape index (κ3) is 4.73. The van der Waals surface area contributed by atoms with Gasteiger partial charge in [0.25, 0.3) is 0 Å². The summed E-state index contributed by atoms with van der Waals surface area (Å²) in [5, 5.41) is 12.6. The molecule has 0 aliphatic carbocycles. The standard InChI is InChI=1S/C11H20N2O4S/c1-17-9(14)5-3-2-4-8-10(15)7(6-18-8)13-11(12)16/h7-8,10,15H,2-6H2,1H3,(H3,12,13,16)/t7-,8+,10-/m1/s1. The van der Waals surface area contributed by atoms with Crippen molar-refractivity contribution in [3.8, 4) is 0 Å². The summed E-state index contributed by atoms with van der Waals surface area (Å²) in [7, 11) is 1.37. The highest BCUT2D eigenvalue weighted by atomic mass is 32.2. The van der Waals surface area contributed by atoms with E-state index in [1.165, 1.54) is 7.11 Å². The number of amides is 2. The number of aliphatic hydroxyl groups excluding tert-OH is 1. The van der Waals surface area contributed by atoms with E-state index in [1.807, 2.05) is 0 Å². The number of nitrogens with two attached hydrogens (primary N) is 1. The first-order valence-corrected chi connectivity index (χ1v) is 7.02. The molecule has 104 valence electrons. The number of esters is 1. The number of ether oxygens (including phenoxy) is 1. The van der Waals surface area contributed by atoms with Crippen molar-refractivity contribution in [3.63, 3.8) is 0 Å². The van der Waals surface area contributed by atoms with Crippen LogP contribution in [0.4, 0.5) is 4.79 Å². The molecular formula is C11H20N2O4S. The van der Waals surface area contributed by atoms with Gasteiger partial charge in [-0.3, -0.25) is 4.79 Å². The molecule has 1 fully saturated rings. The molecule has 2 amide bonds. The van der Waals surface area contributed by atoms with Gasteiger partial charge in [0.2, 0.25) is 0 Å². The Balaban J connectivity index is 2.20. The van der Waals surface area contributed by atoms with E-state index >= 15 is 0 Å². The van der Waals surface area contributed by atoms with Gasteiger partial charge in [-0.15, -0.1) is 0 Å². The second kappa shape index (κ2) is 7.48. The Kier molecular flexibility index (Phi) is 6.28. The lowest BCUT2D eigenvalue weighted by atomic mass is 10.0. The highest BCUT2D eigenvalue weighted by molar-refractivity contribution is 8.00. The molecule has 3 atom stereocenters. The fourth-order valence-corrected chi connectivity index (χ4v) is 3.42. The van der Waals surface area contributed by atoms with Gasteiger partial charge in [0.15, 0.2) is 0 Å². The van der Waals surface area contributed by atoms with Crippen LogP contribution < -0.4 is 11.1 Å². The molecule has 0 radical (unpaired) electrons. The van der Waals surface area contributed by atoms with Gasteiger partial charge in [-0.1, -0.05) is 6.42 Å². The van der Waals surface area contributed by atoms with Crippen molar-refractivity contribution < 1.29 is 19.4 Å². The summed E-state index contributed by atoms with van der Waals surface area (Å²) in [4.78, 5) is 21.6. The summed E-state index contributed by atoms with van der Waals surface area (Å²) >= 11 is 1.63. The summed E-state index contributed by atoms with van der Waals surface area (Å²) < 4.78 is 4.55. The third-order valence-corrected chi connectivity index (χ3v) is 4.45. The van der Waals surface area contributed by atoms with Crippen LogP contribution in [-0.2, 0) is 9.53 Å². The Labute approximate surface area is 111 Å². The maximum atomic E-state index is 10.9. The molecule has 1 heterocycles. The monoisotopic (exact) mass is 276 g/mol. The van der Waals surface area contributed by atoms with E-state index in [4.69, 9.17) is 5.73 Å². The molecule has 0 aromatic heterocycles. The number of unbranched alkanes of at least 4 members (excludes halogenated alkanes) is 1. The van der Waals surface area contributed by atoms with Crippen molar-refractivity contribution in [2.75, 3.05) is 12.9 Å². The van der Waals surface area contributed by atoms with Crippen molar-refractivity contribution in [2.45, 2.75) is 43.1 Å². The minimum absolute atomic E-state index is 0.0968. The number of methoxy groups -OCH3 is 1. The van der Waals surface area contributed by atoms with Gasteiger partial charge < -0.3 is 20.9 Å². The fourth-order valence-electron chi connectivity index (χ4n) is 1.96. The quantitative estimate of drug-likeness (QED) is 0.476. The number of thioether (sulfide) groups is 1. The van der Waals surface area contributed by atoms with Crippen LogP contribution >= 0.6 is 11.8 Å². The Morgan fingerprint density at radius 2 is 2.22 bits per heavy atom. The molecule has 0 unspecified atom stereocenters. The smallest absolute Gasteiger partial charge is 0.312 e. The highest BCUT2D eigenvalue weighted by Crippen LogP contribution is 2.31. The summed E-state index contributed by atoms with van der Waals surface area (Å²) in [5.74, 6) is 0.467. The molecule has 0 saturated carbocycles. The summed E-state index contributed by atoms with van der Waals surface area (Å²) in [6.45, 7) is 0. The zero-order chi connectivity index (χ0) is 13.5. The summed E-state index contributed by atoms with van der Waals surface area (Å²) in [6.07, 6.45) is 2.27. The van der Waals surface area contributed by atoms with E-state index in [9.17, 15) is 14.7 Å². The molecule has 1 saturated heterocycles. The lowest BCUT2D eigenvalue weighted by Gasteiger charge is -2.18. The van der Waals surface area contributed by atoms with Crippen molar-refractivity contribution in [2.24, 2.45) is 5.73 Å². The Morgan fingerprint density at radius 1 is 1.50 bits per heavy atom. The average Bonchev–Trinajstić information content (AvgIpc) is 2.66. The van der Waals surface area contributed by atoms with Crippen LogP contribution in [0.3, 0.4) is 0 Å². The number of primary amides is 1. The van der Waals surface area contributed by atoms with Crippen molar-refractivity contribution >= 4 is 23.8 Å².